The minimum atomic E-state index is -0.835. The van der Waals surface area contributed by atoms with Crippen molar-refractivity contribution in [3.05, 3.63) is 109 Å². The molecule has 0 N–H and O–H groups in total. The number of hydrogen-bond acceptors (Lipinski definition) is 6. The molecule has 0 aromatic rings. The van der Waals surface area contributed by atoms with Crippen LogP contribution in [0, 0.1) is 0 Å². The summed E-state index contributed by atoms with van der Waals surface area (Å²) < 4.78 is 16.7. The minimum Gasteiger partial charge on any atom is -0.462 e. The van der Waals surface area contributed by atoms with Crippen LogP contribution in [0.4, 0.5) is 0 Å². The van der Waals surface area contributed by atoms with E-state index in [9.17, 15) is 14.4 Å². The lowest BCUT2D eigenvalue weighted by atomic mass is 10.0. The Labute approximate surface area is 406 Å². The molecule has 0 aliphatic heterocycles. The zero-order valence-corrected chi connectivity index (χ0v) is 42.7. The topological polar surface area (TPSA) is 78.9 Å². The summed E-state index contributed by atoms with van der Waals surface area (Å²) in [6.07, 6.45) is 72.3. The molecule has 0 fully saturated rings. The van der Waals surface area contributed by atoms with Gasteiger partial charge in [0.2, 0.25) is 0 Å². The molecule has 374 valence electrons. The fourth-order valence-corrected chi connectivity index (χ4v) is 7.11. The summed E-state index contributed by atoms with van der Waals surface area (Å²) >= 11 is 0. The quantitative estimate of drug-likeness (QED) is 0.0199. The molecular weight excluding hydrogens is 817 g/mol. The third kappa shape index (κ3) is 51.1. The number of allylic oxidation sites excluding steroid dienone is 18. The maximum atomic E-state index is 12.8. The van der Waals surface area contributed by atoms with Crippen molar-refractivity contribution in [2.24, 2.45) is 0 Å². The van der Waals surface area contributed by atoms with Gasteiger partial charge in [-0.1, -0.05) is 252 Å². The molecule has 0 amide bonds. The molecule has 0 aromatic carbocycles. The van der Waals surface area contributed by atoms with Gasteiger partial charge in [0, 0.05) is 19.3 Å². The first-order chi connectivity index (χ1) is 32.5. The van der Waals surface area contributed by atoms with Gasteiger partial charge in [-0.05, 0) is 70.6 Å². The van der Waals surface area contributed by atoms with Crippen LogP contribution in [0.3, 0.4) is 0 Å². The highest BCUT2D eigenvalue weighted by molar-refractivity contribution is 5.71. The van der Waals surface area contributed by atoms with Gasteiger partial charge < -0.3 is 14.2 Å². The van der Waals surface area contributed by atoms with Gasteiger partial charge in [0.25, 0.3) is 0 Å². The van der Waals surface area contributed by atoms with Crippen molar-refractivity contribution in [2.45, 2.75) is 239 Å². The lowest BCUT2D eigenvalue weighted by Gasteiger charge is -2.18. The number of carbonyl (C=O) groups is 3. The highest BCUT2D eigenvalue weighted by Crippen LogP contribution is 2.15. The molecule has 0 aromatic heterocycles. The smallest absolute Gasteiger partial charge is 0.306 e. The molecule has 0 saturated heterocycles. The zero-order valence-electron chi connectivity index (χ0n) is 42.7. The number of carbonyl (C=O) groups excluding carboxylic acids is 3. The number of ether oxygens (including phenoxy) is 3. The van der Waals surface area contributed by atoms with E-state index >= 15 is 0 Å². The number of esters is 3. The monoisotopic (exact) mass is 915 g/mol. The zero-order chi connectivity index (χ0) is 47.9. The van der Waals surface area contributed by atoms with Crippen LogP contribution >= 0.6 is 0 Å². The fourth-order valence-electron chi connectivity index (χ4n) is 7.11. The van der Waals surface area contributed by atoms with E-state index in [0.717, 1.165) is 57.8 Å². The number of unbranched alkanes of at least 4 members (excludes halogenated alkanes) is 22. The largest absolute Gasteiger partial charge is 0.462 e. The van der Waals surface area contributed by atoms with E-state index in [4.69, 9.17) is 14.2 Å². The van der Waals surface area contributed by atoms with Crippen molar-refractivity contribution in [1.82, 2.24) is 0 Å². The van der Waals surface area contributed by atoms with Gasteiger partial charge in [-0.3, -0.25) is 14.4 Å². The Morgan fingerprint density at radius 1 is 0.333 bits per heavy atom. The summed E-state index contributed by atoms with van der Waals surface area (Å²) in [5, 5.41) is 0. The van der Waals surface area contributed by atoms with Gasteiger partial charge in [-0.15, -0.1) is 0 Å². The molecule has 0 aliphatic rings. The van der Waals surface area contributed by atoms with Crippen LogP contribution in [-0.2, 0) is 28.6 Å². The van der Waals surface area contributed by atoms with Crippen LogP contribution in [0.25, 0.3) is 0 Å². The van der Waals surface area contributed by atoms with E-state index in [1.165, 1.54) is 122 Å². The van der Waals surface area contributed by atoms with Crippen molar-refractivity contribution in [1.29, 1.82) is 0 Å². The van der Waals surface area contributed by atoms with Gasteiger partial charge in [0.1, 0.15) is 13.2 Å². The Morgan fingerprint density at radius 3 is 1.12 bits per heavy atom. The first kappa shape index (κ1) is 62.1. The molecule has 0 heterocycles. The normalized spacial score (nSPS) is 13.0. The summed E-state index contributed by atoms with van der Waals surface area (Å²) in [4.78, 5) is 38.0. The Balaban J connectivity index is 4.53. The highest BCUT2D eigenvalue weighted by atomic mass is 16.6. The molecule has 66 heavy (non-hydrogen) atoms. The maximum absolute atomic E-state index is 12.8. The predicted molar refractivity (Wildman–Crippen MR) is 283 cm³/mol. The predicted octanol–water partition coefficient (Wildman–Crippen LogP) is 17.9. The van der Waals surface area contributed by atoms with Crippen LogP contribution in [-0.4, -0.2) is 37.2 Å². The highest BCUT2D eigenvalue weighted by Gasteiger charge is 2.19. The molecular formula is C60H98O6. The van der Waals surface area contributed by atoms with Crippen LogP contribution in [0.2, 0.25) is 0 Å². The summed E-state index contributed by atoms with van der Waals surface area (Å²) in [5.74, 6) is -1.06. The molecule has 6 nitrogen and oxygen atoms in total. The maximum Gasteiger partial charge on any atom is 0.306 e. The van der Waals surface area contributed by atoms with Crippen LogP contribution in [0.5, 0.6) is 0 Å². The van der Waals surface area contributed by atoms with Gasteiger partial charge >= 0.3 is 17.9 Å². The van der Waals surface area contributed by atoms with Gasteiger partial charge in [-0.25, -0.2) is 0 Å². The Kier molecular flexibility index (Phi) is 50.5. The Morgan fingerprint density at radius 2 is 0.667 bits per heavy atom. The van der Waals surface area contributed by atoms with Gasteiger partial charge in [-0.2, -0.15) is 0 Å². The molecule has 6 heteroatoms. The minimum absolute atomic E-state index is 0.122. The third-order valence-electron chi connectivity index (χ3n) is 11.1. The first-order valence-electron chi connectivity index (χ1n) is 27.0. The molecule has 0 radical (unpaired) electrons. The van der Waals surface area contributed by atoms with E-state index < -0.39 is 6.10 Å². The second kappa shape index (κ2) is 53.7. The first-order valence-corrected chi connectivity index (χ1v) is 27.0. The second-order valence-corrected chi connectivity index (χ2v) is 17.5. The van der Waals surface area contributed by atoms with Crippen LogP contribution < -0.4 is 0 Å². The SMILES string of the molecule is CC\C=C/C=C\C=C/C=C\C=C/CCCC(=O)OCC(COC(=O)CCCCCCCCCCCCCCCCCCCC)OC(=O)CCC/C=C\C/C=C\C/C=C\C/C=C\CCCCC. The summed E-state index contributed by atoms with van der Waals surface area (Å²) in [6, 6.07) is 0. The van der Waals surface area contributed by atoms with E-state index in [0.29, 0.717) is 19.3 Å². The lowest BCUT2D eigenvalue weighted by Crippen LogP contribution is -2.30. The number of hydrogen-bond donors (Lipinski definition) is 0. The Bertz CT molecular complexity index is 1370. The molecule has 1 atom stereocenters. The summed E-state index contributed by atoms with van der Waals surface area (Å²) in [6.45, 7) is 6.36. The van der Waals surface area contributed by atoms with E-state index in [1.807, 2.05) is 54.7 Å². The molecule has 0 aliphatic carbocycles. The van der Waals surface area contributed by atoms with E-state index in [-0.39, 0.29) is 44.0 Å². The fraction of sp³-hybridized carbons (Fsp3) is 0.650. The summed E-state index contributed by atoms with van der Waals surface area (Å²) in [5.41, 5.74) is 0. The molecule has 0 rings (SSSR count). The van der Waals surface area contributed by atoms with E-state index in [2.05, 4.69) is 75.5 Å². The van der Waals surface area contributed by atoms with Gasteiger partial charge in [0.05, 0.1) is 0 Å². The van der Waals surface area contributed by atoms with Crippen molar-refractivity contribution < 1.29 is 28.6 Å². The Hall–Kier alpha value is -3.93. The third-order valence-corrected chi connectivity index (χ3v) is 11.1. The summed E-state index contributed by atoms with van der Waals surface area (Å²) in [7, 11) is 0. The van der Waals surface area contributed by atoms with Gasteiger partial charge in [0.15, 0.2) is 6.10 Å². The van der Waals surface area contributed by atoms with Crippen molar-refractivity contribution in [2.75, 3.05) is 13.2 Å². The molecule has 0 spiro atoms. The molecule has 0 saturated carbocycles. The van der Waals surface area contributed by atoms with Crippen molar-refractivity contribution in [3.8, 4) is 0 Å². The average molecular weight is 915 g/mol. The standard InChI is InChI=1S/C60H98O6/c1-4-7-10-13-16-19-22-25-27-29-31-32-35-38-41-44-47-50-53-59(62)65-56-57(55-64-58(61)52-49-46-43-40-37-34-24-21-18-15-12-9-6-3)66-60(63)54-51-48-45-42-39-36-33-30-28-26-23-20-17-14-11-8-5-2/h9,12,15,17-18,20-21,24,26,28,33-34,36-37,40,42-43,45,57H,4-8,10-11,13-14,16,19,22-23,25,27,29-32,35,38-39,41,44,46-56H2,1-3H3/b12-9-,18-15-,20-17-,24-21-,28-26-,36-33-,37-34-,43-40-,45-42-. The van der Waals surface area contributed by atoms with Crippen molar-refractivity contribution >= 4 is 17.9 Å². The molecule has 0 bridgehead atoms. The second-order valence-electron chi connectivity index (χ2n) is 17.5. The van der Waals surface area contributed by atoms with Crippen LogP contribution in [0.15, 0.2) is 109 Å². The number of rotatable bonds is 47. The van der Waals surface area contributed by atoms with E-state index in [1.54, 1.807) is 0 Å². The van der Waals surface area contributed by atoms with Crippen molar-refractivity contribution in [3.63, 3.8) is 0 Å². The van der Waals surface area contributed by atoms with Crippen LogP contribution in [0.1, 0.15) is 233 Å². The molecule has 1 unspecified atom stereocenters. The average Bonchev–Trinajstić information content (AvgIpc) is 3.31. The lowest BCUT2D eigenvalue weighted by molar-refractivity contribution is -0.167.